The van der Waals surface area contributed by atoms with E-state index in [0.717, 1.165) is 12.8 Å². The van der Waals surface area contributed by atoms with Crippen LogP contribution in [0, 0.1) is 0 Å². The van der Waals surface area contributed by atoms with Gasteiger partial charge in [0.1, 0.15) is 4.84 Å². The molecule has 0 fully saturated rings. The molecule has 0 amide bonds. The summed E-state index contributed by atoms with van der Waals surface area (Å²) in [7, 11) is 0. The lowest BCUT2D eigenvalue weighted by molar-refractivity contribution is 0.802. The van der Waals surface area contributed by atoms with Crippen LogP contribution in [0.3, 0.4) is 0 Å². The minimum Gasteiger partial charge on any atom is -0.118 e. The van der Waals surface area contributed by atoms with Crippen LogP contribution in [-0.4, -0.2) is 10.2 Å². The molecule has 0 heterocycles. The fourth-order valence-electron chi connectivity index (χ4n) is 0.403. The Kier molecular flexibility index (Phi) is 5.77. The van der Waals surface area contributed by atoms with Crippen LogP contribution in [-0.2, 0) is 0 Å². The summed E-state index contributed by atoms with van der Waals surface area (Å²) in [6.45, 7) is 3.52. The Bertz CT molecular complexity index is 80.4. The molecule has 0 aromatic carbocycles. The maximum atomic E-state index is 5.67. The maximum absolute atomic E-state index is 5.67. The van der Waals surface area contributed by atoms with Gasteiger partial charge in [-0.15, -0.1) is 41.4 Å². The van der Waals surface area contributed by atoms with Gasteiger partial charge in [-0.2, -0.15) is 0 Å². The first-order valence-electron chi connectivity index (χ1n) is 2.71. The van der Waals surface area contributed by atoms with Crippen LogP contribution in [0.4, 0.5) is 0 Å². The van der Waals surface area contributed by atoms with Crippen LogP contribution in [0.15, 0.2) is 12.7 Å². The SMILES string of the molecule is C=CC(Cl)CCC(Cl)Cl. The number of hydrogen-bond donors (Lipinski definition) is 0. The molecule has 3 heteroatoms. The van der Waals surface area contributed by atoms with E-state index >= 15 is 0 Å². The Balaban J connectivity index is 3.16. The van der Waals surface area contributed by atoms with Gasteiger partial charge in [-0.05, 0) is 12.8 Å². The van der Waals surface area contributed by atoms with E-state index in [1.165, 1.54) is 0 Å². The molecule has 0 saturated heterocycles. The van der Waals surface area contributed by atoms with Gasteiger partial charge in [-0.25, -0.2) is 0 Å². The molecule has 1 atom stereocenters. The van der Waals surface area contributed by atoms with Gasteiger partial charge in [0.25, 0.3) is 0 Å². The average Bonchev–Trinajstić information content (AvgIpc) is 1.83. The maximum Gasteiger partial charge on any atom is 0.107 e. The Morgan fingerprint density at radius 3 is 2.11 bits per heavy atom. The molecule has 0 radical (unpaired) electrons. The molecular weight excluding hydrogens is 178 g/mol. The summed E-state index contributed by atoms with van der Waals surface area (Å²) in [5.41, 5.74) is 0. The van der Waals surface area contributed by atoms with Crippen molar-refractivity contribution in [2.45, 2.75) is 23.1 Å². The fourth-order valence-corrected chi connectivity index (χ4v) is 0.781. The zero-order valence-electron chi connectivity index (χ0n) is 4.99. The van der Waals surface area contributed by atoms with Gasteiger partial charge in [0.15, 0.2) is 0 Å². The Hall–Kier alpha value is 0.610. The third kappa shape index (κ3) is 6.50. The monoisotopic (exact) mass is 186 g/mol. The van der Waals surface area contributed by atoms with E-state index in [4.69, 9.17) is 34.8 Å². The first-order valence-corrected chi connectivity index (χ1v) is 4.02. The molecule has 54 valence electrons. The molecule has 1 unspecified atom stereocenters. The van der Waals surface area contributed by atoms with Crippen LogP contribution in [0.2, 0.25) is 0 Å². The van der Waals surface area contributed by atoms with E-state index in [2.05, 4.69) is 6.58 Å². The van der Waals surface area contributed by atoms with Crippen molar-refractivity contribution in [3.8, 4) is 0 Å². The molecule has 9 heavy (non-hydrogen) atoms. The van der Waals surface area contributed by atoms with E-state index in [1.54, 1.807) is 6.08 Å². The molecular formula is C6H9Cl3. The largest absolute Gasteiger partial charge is 0.118 e. The van der Waals surface area contributed by atoms with Gasteiger partial charge >= 0.3 is 0 Å². The lowest BCUT2D eigenvalue weighted by atomic mass is 10.2. The van der Waals surface area contributed by atoms with Crippen molar-refractivity contribution >= 4 is 34.8 Å². The van der Waals surface area contributed by atoms with Gasteiger partial charge in [0.05, 0.1) is 5.38 Å². The van der Waals surface area contributed by atoms with Crippen molar-refractivity contribution in [3.63, 3.8) is 0 Å². The van der Waals surface area contributed by atoms with Crippen LogP contribution in [0.5, 0.6) is 0 Å². The fraction of sp³-hybridized carbons (Fsp3) is 0.667. The summed E-state index contributed by atoms with van der Waals surface area (Å²) in [6.07, 6.45) is 3.20. The minimum atomic E-state index is -0.300. The highest BCUT2D eigenvalue weighted by molar-refractivity contribution is 6.44. The van der Waals surface area contributed by atoms with Crippen molar-refractivity contribution in [1.82, 2.24) is 0 Å². The molecule has 0 N–H and O–H groups in total. The zero-order chi connectivity index (χ0) is 7.28. The van der Waals surface area contributed by atoms with Crippen LogP contribution in [0.1, 0.15) is 12.8 Å². The topological polar surface area (TPSA) is 0 Å². The summed E-state index contributed by atoms with van der Waals surface area (Å²) < 4.78 is 0. The van der Waals surface area contributed by atoms with Gasteiger partial charge in [0.2, 0.25) is 0 Å². The minimum absolute atomic E-state index is 0.00463. The van der Waals surface area contributed by atoms with Crippen molar-refractivity contribution in [2.24, 2.45) is 0 Å². The number of allylic oxidation sites excluding steroid dienone is 1. The second-order valence-corrected chi connectivity index (χ2v) is 3.56. The molecule has 0 nitrogen and oxygen atoms in total. The normalized spacial score (nSPS) is 13.8. The third-order valence-electron chi connectivity index (χ3n) is 0.916. The Labute approximate surface area is 70.8 Å². The van der Waals surface area contributed by atoms with Crippen molar-refractivity contribution < 1.29 is 0 Å². The highest BCUT2D eigenvalue weighted by Gasteiger charge is 2.02. The molecule has 0 aliphatic heterocycles. The smallest absolute Gasteiger partial charge is 0.107 e. The van der Waals surface area contributed by atoms with E-state index in [9.17, 15) is 0 Å². The van der Waals surface area contributed by atoms with E-state index in [0.29, 0.717) is 0 Å². The van der Waals surface area contributed by atoms with Crippen LogP contribution >= 0.6 is 34.8 Å². The highest BCUT2D eigenvalue weighted by Crippen LogP contribution is 2.14. The third-order valence-corrected chi connectivity index (χ3v) is 1.75. The Morgan fingerprint density at radius 1 is 1.22 bits per heavy atom. The van der Waals surface area contributed by atoms with Crippen molar-refractivity contribution in [1.29, 1.82) is 0 Å². The molecule has 0 aliphatic carbocycles. The Morgan fingerprint density at radius 2 is 1.78 bits per heavy atom. The number of halogens is 3. The van der Waals surface area contributed by atoms with Crippen LogP contribution in [0.25, 0.3) is 0 Å². The molecule has 0 rings (SSSR count). The second kappa shape index (κ2) is 5.40. The first kappa shape index (κ1) is 9.61. The lowest BCUT2D eigenvalue weighted by Crippen LogP contribution is -1.96. The highest BCUT2D eigenvalue weighted by atomic mass is 35.5. The summed E-state index contributed by atoms with van der Waals surface area (Å²) in [4.78, 5) is -0.300. The number of hydrogen-bond acceptors (Lipinski definition) is 0. The lowest BCUT2D eigenvalue weighted by Gasteiger charge is -2.02. The van der Waals surface area contributed by atoms with Gasteiger partial charge in [-0.1, -0.05) is 6.08 Å². The predicted octanol–water partition coefficient (Wildman–Crippen LogP) is 3.36. The van der Waals surface area contributed by atoms with Gasteiger partial charge < -0.3 is 0 Å². The van der Waals surface area contributed by atoms with E-state index < -0.39 is 0 Å². The molecule has 0 aromatic rings. The summed E-state index contributed by atoms with van der Waals surface area (Å²) in [5, 5.41) is 0.00463. The van der Waals surface area contributed by atoms with Crippen molar-refractivity contribution in [2.75, 3.05) is 0 Å². The van der Waals surface area contributed by atoms with E-state index in [1.807, 2.05) is 0 Å². The second-order valence-electron chi connectivity index (χ2n) is 1.72. The summed E-state index contributed by atoms with van der Waals surface area (Å²) in [5.74, 6) is 0. The van der Waals surface area contributed by atoms with Gasteiger partial charge in [-0.3, -0.25) is 0 Å². The van der Waals surface area contributed by atoms with E-state index in [-0.39, 0.29) is 10.2 Å². The molecule has 0 bridgehead atoms. The molecule has 0 spiro atoms. The van der Waals surface area contributed by atoms with Gasteiger partial charge in [0, 0.05) is 0 Å². The number of rotatable bonds is 4. The summed E-state index contributed by atoms with van der Waals surface area (Å²) >= 11 is 16.6. The molecule has 0 saturated carbocycles. The first-order chi connectivity index (χ1) is 4.16. The van der Waals surface area contributed by atoms with Crippen molar-refractivity contribution in [3.05, 3.63) is 12.7 Å². The average molecular weight is 187 g/mol. The number of alkyl halides is 3. The standard InChI is InChI=1S/C6H9Cl3/c1-2-5(7)3-4-6(8)9/h2,5-6H,1,3-4H2. The summed E-state index contributed by atoms with van der Waals surface area (Å²) in [6, 6.07) is 0. The van der Waals surface area contributed by atoms with Crippen LogP contribution < -0.4 is 0 Å². The molecule has 0 aromatic heterocycles. The zero-order valence-corrected chi connectivity index (χ0v) is 7.26. The molecule has 0 aliphatic rings. The quantitative estimate of drug-likeness (QED) is 0.468. The predicted molar refractivity (Wildman–Crippen MR) is 44.6 cm³/mol.